The van der Waals surface area contributed by atoms with Crippen molar-refractivity contribution in [1.82, 2.24) is 20.4 Å². The number of aliphatic hydroxyl groups is 1. The van der Waals surface area contributed by atoms with Gasteiger partial charge >= 0.3 is 7.12 Å². The van der Waals surface area contributed by atoms with Crippen LogP contribution >= 0.6 is 0 Å². The molecule has 1 aliphatic carbocycles. The first-order valence-electron chi connectivity index (χ1n) is 23.7. The van der Waals surface area contributed by atoms with Gasteiger partial charge in [0.2, 0.25) is 25.0 Å². The van der Waals surface area contributed by atoms with Crippen LogP contribution in [0.3, 0.4) is 0 Å². The summed E-state index contributed by atoms with van der Waals surface area (Å²) < 4.78 is 16.7. The van der Waals surface area contributed by atoms with Crippen LogP contribution in [0.4, 0.5) is 11.4 Å². The van der Waals surface area contributed by atoms with E-state index in [2.05, 4.69) is 161 Å². The number of aliphatic hydroxyl groups excluding tert-OH is 1. The van der Waals surface area contributed by atoms with Gasteiger partial charge in [0.1, 0.15) is 12.2 Å². The molecule has 11 nitrogen and oxygen atoms in total. The number of nitrogens with zero attached hydrogens (tertiary/aromatic N) is 6. The Balaban J connectivity index is 0.000000167. The first kappa shape index (κ1) is 49.9. The van der Waals surface area contributed by atoms with E-state index in [1.165, 1.54) is 57.3 Å². The lowest BCUT2D eigenvalue weighted by atomic mass is 9.75. The van der Waals surface area contributed by atoms with Crippen molar-refractivity contribution in [1.29, 1.82) is 1.43 Å². The van der Waals surface area contributed by atoms with E-state index in [9.17, 15) is 10.0 Å². The summed E-state index contributed by atoms with van der Waals surface area (Å²) in [6.45, 7) is 5.67. The molecule has 9 aromatic rings. The van der Waals surface area contributed by atoms with E-state index in [0.29, 0.717) is 29.0 Å². The van der Waals surface area contributed by atoms with E-state index in [1.807, 2.05) is 91.8 Å². The number of aromatic nitrogens is 4. The molecule has 7 aromatic carbocycles. The lowest BCUT2D eigenvalue weighted by Crippen LogP contribution is -2.31. The third kappa shape index (κ3) is 12.6. The zero-order valence-corrected chi connectivity index (χ0v) is 41.8. The number of rotatable bonds is 10. The predicted molar refractivity (Wildman–Crippen MR) is 293 cm³/mol. The van der Waals surface area contributed by atoms with E-state index in [0.717, 1.165) is 33.5 Å². The molecule has 0 saturated carbocycles. The molecule has 0 atom stereocenters. The second-order valence-electron chi connectivity index (χ2n) is 17.1. The van der Waals surface area contributed by atoms with Crippen LogP contribution in [0.15, 0.2) is 202 Å². The standard InChI is InChI=1S/C29H25N3O.C16H13N2O.C14H16BNO2.CH4O/c1-20-30-31-29(33-20)23-14-12-21(13-15-23)25-8-4-6-10-27(25)28-11-7-5-9-26(28)22-16-18-24(19-17-22)32(2)3;1-11-5-3-4-6-15(11)13-7-9-14(10-8-13)16-18-17-12(2)19-16;1-16(2)12-9-7-11(8-10-12)13-5-3-4-6-14(13)15(17)18;1-2/h4-19H,1-3H3;4-10H,1-2H3;3-10,17-18H,1-2H3;2H,1H3/q;+1;;/i;;;2D. The van der Waals surface area contributed by atoms with Gasteiger partial charge in [-0.25, -0.2) is 0 Å². The Bertz CT molecular complexity index is 3290. The quantitative estimate of drug-likeness (QED) is 0.0890. The molecule has 12 heteroatoms. The summed E-state index contributed by atoms with van der Waals surface area (Å²) in [5.41, 5.74) is 17.2. The zero-order valence-electron chi connectivity index (χ0n) is 42.8. The van der Waals surface area contributed by atoms with E-state index in [1.54, 1.807) is 26.0 Å². The fourth-order valence-electron chi connectivity index (χ4n) is 8.05. The van der Waals surface area contributed by atoms with Crippen LogP contribution in [0, 0.1) is 19.9 Å². The van der Waals surface area contributed by atoms with Crippen molar-refractivity contribution >= 4 is 29.5 Å². The minimum absolute atomic E-state index is 0.523. The maximum atomic E-state index is 9.36. The Morgan fingerprint density at radius 3 is 1.22 bits per heavy atom. The number of hydrogen-bond donors (Lipinski definition) is 3. The average molecular weight is 955 g/mol. The van der Waals surface area contributed by atoms with Crippen LogP contribution in [0.25, 0.3) is 73.0 Å². The highest BCUT2D eigenvalue weighted by atomic mass is 16.4. The summed E-state index contributed by atoms with van der Waals surface area (Å²) in [6, 6.07) is 57.6. The monoisotopic (exact) mass is 954 g/mol. The second-order valence-corrected chi connectivity index (χ2v) is 17.1. The number of allylic oxidation sites excluding steroid dienone is 6. The molecule has 0 unspecified atom stereocenters. The third-order valence-electron chi connectivity index (χ3n) is 11.8. The summed E-state index contributed by atoms with van der Waals surface area (Å²) >= 11 is 0. The molecule has 0 bridgehead atoms. The second kappa shape index (κ2) is 24.4. The van der Waals surface area contributed by atoms with E-state index in [4.69, 9.17) is 10.3 Å². The molecule has 360 valence electrons. The highest BCUT2D eigenvalue weighted by Crippen LogP contribution is 2.39. The highest BCUT2D eigenvalue weighted by Gasteiger charge is 2.17. The summed E-state index contributed by atoms with van der Waals surface area (Å²) in [7, 11) is 7.93. The van der Waals surface area contributed by atoms with Crippen molar-refractivity contribution in [2.75, 3.05) is 45.1 Å². The number of aryl methyl sites for hydroxylation is 2. The maximum absolute atomic E-state index is 9.36. The van der Waals surface area contributed by atoms with Gasteiger partial charge in [-0.05, 0) is 98.5 Å². The normalized spacial score (nSPS) is 11.4. The van der Waals surface area contributed by atoms with Gasteiger partial charge in [-0.15, -0.1) is 20.4 Å². The van der Waals surface area contributed by atoms with E-state index >= 15 is 0 Å². The molecular formula is C60H58BN6O5+. The Labute approximate surface area is 424 Å². The molecule has 2 aromatic heterocycles. The van der Waals surface area contributed by atoms with Crippen LogP contribution in [-0.4, -0.2) is 79.4 Å². The molecule has 3 N–H and O–H groups in total. The van der Waals surface area contributed by atoms with Gasteiger partial charge in [-0.1, -0.05) is 121 Å². The molecule has 0 aliphatic heterocycles. The van der Waals surface area contributed by atoms with Crippen molar-refractivity contribution in [3.63, 3.8) is 0 Å². The fraction of sp³-hybridized carbons (Fsp3) is 0.133. The summed E-state index contributed by atoms with van der Waals surface area (Å²) in [5, 5.41) is 38.1. The smallest absolute Gasteiger partial charge is 0.423 e. The van der Waals surface area contributed by atoms with Crippen molar-refractivity contribution in [2.24, 2.45) is 0 Å². The maximum Gasteiger partial charge on any atom is 0.489 e. The van der Waals surface area contributed by atoms with Gasteiger partial charge in [0.25, 0.3) is 0 Å². The molecule has 0 spiro atoms. The zero-order chi connectivity index (χ0) is 51.9. The summed E-state index contributed by atoms with van der Waals surface area (Å²) in [6.07, 6.45) is 9.07. The van der Waals surface area contributed by atoms with Crippen LogP contribution in [0.1, 0.15) is 24.3 Å². The molecule has 2 heterocycles. The van der Waals surface area contributed by atoms with Gasteiger partial charge in [0, 0.05) is 90.2 Å². The van der Waals surface area contributed by atoms with E-state index in [-0.39, 0.29) is 0 Å². The van der Waals surface area contributed by atoms with Crippen LogP contribution in [-0.2, 0) is 0 Å². The first-order valence-corrected chi connectivity index (χ1v) is 23.3. The average Bonchev–Trinajstić information content (AvgIpc) is 4.07. The molecular weight excluding hydrogens is 896 g/mol. The predicted octanol–water partition coefficient (Wildman–Crippen LogP) is 11.6. The molecule has 0 fully saturated rings. The fourth-order valence-corrected chi connectivity index (χ4v) is 8.05. The minimum Gasteiger partial charge on any atom is -0.423 e. The minimum atomic E-state index is -1.45. The van der Waals surface area contributed by atoms with Gasteiger partial charge in [-0.2, -0.15) is 0 Å². The largest absolute Gasteiger partial charge is 0.489 e. The van der Waals surface area contributed by atoms with Crippen LogP contribution in [0.5, 0.6) is 0 Å². The molecule has 0 saturated heterocycles. The molecule has 1 aliphatic rings. The summed E-state index contributed by atoms with van der Waals surface area (Å²) in [4.78, 5) is 4.14. The molecule has 0 radical (unpaired) electrons. The highest BCUT2D eigenvalue weighted by molar-refractivity contribution is 6.60. The number of anilines is 2. The molecule has 10 rings (SSSR count). The number of benzene rings is 7. The van der Waals surface area contributed by atoms with Gasteiger partial charge < -0.3 is 33.8 Å². The topological polar surface area (TPSA) is 145 Å². The van der Waals surface area contributed by atoms with Crippen molar-refractivity contribution in [2.45, 2.75) is 20.8 Å². The van der Waals surface area contributed by atoms with E-state index < -0.39 is 7.12 Å². The summed E-state index contributed by atoms with van der Waals surface area (Å²) in [5.74, 6) is 2.24. The third-order valence-corrected chi connectivity index (χ3v) is 11.8. The van der Waals surface area contributed by atoms with Crippen molar-refractivity contribution in [3.05, 3.63) is 217 Å². The Morgan fingerprint density at radius 2 is 0.833 bits per heavy atom. The number of hydrogen-bond acceptors (Lipinski definition) is 11. The lowest BCUT2D eigenvalue weighted by Gasteiger charge is -2.16. The van der Waals surface area contributed by atoms with Crippen LogP contribution in [0.2, 0.25) is 0 Å². The van der Waals surface area contributed by atoms with Crippen LogP contribution < -0.4 is 15.3 Å². The van der Waals surface area contributed by atoms with Gasteiger partial charge in [-0.3, -0.25) is 0 Å². The lowest BCUT2D eigenvalue weighted by molar-refractivity contribution is 0.399. The van der Waals surface area contributed by atoms with Crippen molar-refractivity contribution < 1.29 is 24.0 Å². The van der Waals surface area contributed by atoms with Gasteiger partial charge in [0.05, 0.1) is 17.2 Å². The Kier molecular flexibility index (Phi) is 16.9. The van der Waals surface area contributed by atoms with Gasteiger partial charge in [0.15, 0.2) is 0 Å². The Morgan fingerprint density at radius 1 is 0.472 bits per heavy atom. The SMILES string of the molecule is CC1=C(c2ccc(-c3nnc(C)o3)cc2)C=C[C+]=C1.CN(C)c1ccc(-c2ccccc2B(O)O)cc1.Cc1nnc(-c2ccc(-c3ccccc3-c3ccccc3-c3ccc(N(C)C)cc3)cc2)o1.[2H]OC. The Hall–Kier alpha value is -8.51. The van der Waals surface area contributed by atoms with Crippen molar-refractivity contribution in [3.8, 4) is 67.4 Å². The first-order chi connectivity index (χ1) is 35.3. The molecule has 0 amide bonds. The molecule has 72 heavy (non-hydrogen) atoms.